The first-order chi connectivity index (χ1) is 9.67. The van der Waals surface area contributed by atoms with E-state index < -0.39 is 17.6 Å². The van der Waals surface area contributed by atoms with Gasteiger partial charge in [-0.15, -0.1) is 0 Å². The molecule has 0 heterocycles. The van der Waals surface area contributed by atoms with E-state index in [1.165, 1.54) is 0 Å². The van der Waals surface area contributed by atoms with Gasteiger partial charge in [-0.3, -0.25) is 4.79 Å². The van der Waals surface area contributed by atoms with Crippen LogP contribution in [0.4, 0.5) is 0 Å². The molecule has 0 aliphatic rings. The minimum absolute atomic E-state index is 0.158. The summed E-state index contributed by atoms with van der Waals surface area (Å²) in [6, 6.07) is 6.40. The smallest absolute Gasteiger partial charge is 0.328 e. The normalized spacial score (nSPS) is 12.4. The Labute approximate surface area is 133 Å². The van der Waals surface area contributed by atoms with Crippen LogP contribution in [-0.4, -0.2) is 30.1 Å². The summed E-state index contributed by atoms with van der Waals surface area (Å²) in [5.74, 6) is -0.269. The van der Waals surface area contributed by atoms with Crippen molar-refractivity contribution >= 4 is 27.8 Å². The third kappa shape index (κ3) is 7.13. The molecule has 21 heavy (non-hydrogen) atoms. The summed E-state index contributed by atoms with van der Waals surface area (Å²) in [6.07, 6.45) is 0. The van der Waals surface area contributed by atoms with E-state index in [-0.39, 0.29) is 12.5 Å². The summed E-state index contributed by atoms with van der Waals surface area (Å²) in [6.45, 7) is 6.74. The average Bonchev–Trinajstić information content (AvgIpc) is 2.36. The first-order valence-electron chi connectivity index (χ1n) is 6.58. The van der Waals surface area contributed by atoms with E-state index in [0.717, 1.165) is 4.47 Å². The van der Waals surface area contributed by atoms with Gasteiger partial charge in [0.15, 0.2) is 6.61 Å². The summed E-state index contributed by atoms with van der Waals surface area (Å²) in [5.41, 5.74) is -0.579. The number of esters is 1. The summed E-state index contributed by atoms with van der Waals surface area (Å²) >= 11 is 3.31. The van der Waals surface area contributed by atoms with Crippen molar-refractivity contribution in [3.8, 4) is 5.75 Å². The van der Waals surface area contributed by atoms with E-state index in [1.807, 2.05) is 12.1 Å². The maximum Gasteiger partial charge on any atom is 0.328 e. The number of benzene rings is 1. The monoisotopic (exact) mass is 357 g/mol. The van der Waals surface area contributed by atoms with E-state index in [1.54, 1.807) is 39.8 Å². The molecule has 116 valence electrons. The summed E-state index contributed by atoms with van der Waals surface area (Å²) in [7, 11) is 0. The number of ether oxygens (including phenoxy) is 2. The predicted molar refractivity (Wildman–Crippen MR) is 83.1 cm³/mol. The van der Waals surface area contributed by atoms with Crippen LogP contribution in [0.3, 0.4) is 0 Å². The maximum absolute atomic E-state index is 11.7. The highest BCUT2D eigenvalue weighted by Gasteiger charge is 2.22. The van der Waals surface area contributed by atoms with Gasteiger partial charge >= 0.3 is 5.97 Å². The zero-order valence-corrected chi connectivity index (χ0v) is 14.2. The molecular weight excluding hydrogens is 338 g/mol. The van der Waals surface area contributed by atoms with E-state index in [2.05, 4.69) is 21.2 Å². The summed E-state index contributed by atoms with van der Waals surface area (Å²) in [5, 5.41) is 2.54. The topological polar surface area (TPSA) is 64.6 Å². The lowest BCUT2D eigenvalue weighted by atomic mass is 10.2. The molecule has 1 rings (SSSR count). The molecule has 0 aromatic heterocycles. The third-order valence-electron chi connectivity index (χ3n) is 2.32. The fourth-order valence-electron chi connectivity index (χ4n) is 1.41. The third-order valence-corrected chi connectivity index (χ3v) is 2.85. The molecule has 1 atom stereocenters. The van der Waals surface area contributed by atoms with Crippen molar-refractivity contribution in [3.63, 3.8) is 0 Å². The number of carbonyl (C=O) groups is 2. The number of nitrogens with one attached hydrogen (secondary N) is 1. The molecule has 1 aromatic rings. The van der Waals surface area contributed by atoms with Crippen molar-refractivity contribution in [1.29, 1.82) is 0 Å². The highest BCUT2D eigenvalue weighted by atomic mass is 79.9. The van der Waals surface area contributed by atoms with Crippen molar-refractivity contribution in [2.24, 2.45) is 0 Å². The van der Waals surface area contributed by atoms with Crippen LogP contribution in [0.25, 0.3) is 0 Å². The highest BCUT2D eigenvalue weighted by Crippen LogP contribution is 2.15. The van der Waals surface area contributed by atoms with Crippen LogP contribution < -0.4 is 10.1 Å². The molecule has 1 aromatic carbocycles. The lowest BCUT2D eigenvalue weighted by Gasteiger charge is -2.22. The quantitative estimate of drug-likeness (QED) is 0.822. The molecule has 0 radical (unpaired) electrons. The predicted octanol–water partition coefficient (Wildman–Crippen LogP) is 2.67. The molecule has 0 bridgehead atoms. The van der Waals surface area contributed by atoms with Gasteiger partial charge in [-0.25, -0.2) is 4.79 Å². The molecule has 0 saturated carbocycles. The van der Waals surface area contributed by atoms with Crippen LogP contribution in [0.5, 0.6) is 5.75 Å². The van der Waals surface area contributed by atoms with Crippen LogP contribution in [0, 0.1) is 0 Å². The number of amides is 1. The molecule has 0 fully saturated rings. The molecule has 1 N–H and O–H groups in total. The summed E-state index contributed by atoms with van der Waals surface area (Å²) < 4.78 is 11.4. The zero-order valence-electron chi connectivity index (χ0n) is 12.6. The van der Waals surface area contributed by atoms with Crippen LogP contribution in [-0.2, 0) is 14.3 Å². The van der Waals surface area contributed by atoms with Crippen LogP contribution >= 0.6 is 15.9 Å². The number of carbonyl (C=O) groups excluding carboxylic acids is 2. The van der Waals surface area contributed by atoms with Crippen molar-refractivity contribution in [3.05, 3.63) is 28.7 Å². The van der Waals surface area contributed by atoms with E-state index >= 15 is 0 Å². The standard InChI is InChI=1S/C15H20BrNO4/c1-10(14(19)21-15(2,3)4)17-13(18)9-20-12-7-5-11(16)6-8-12/h5-8,10H,9H2,1-4H3,(H,17,18)/t10-/m1/s1. The van der Waals surface area contributed by atoms with Gasteiger partial charge in [0.1, 0.15) is 17.4 Å². The van der Waals surface area contributed by atoms with Gasteiger partial charge in [0.05, 0.1) is 0 Å². The Morgan fingerprint density at radius 2 is 1.81 bits per heavy atom. The highest BCUT2D eigenvalue weighted by molar-refractivity contribution is 9.10. The van der Waals surface area contributed by atoms with Crippen LogP contribution in [0.2, 0.25) is 0 Å². The summed E-state index contributed by atoms with van der Waals surface area (Å²) in [4.78, 5) is 23.4. The Hall–Kier alpha value is -1.56. The second-order valence-electron chi connectivity index (χ2n) is 5.57. The van der Waals surface area contributed by atoms with E-state index in [9.17, 15) is 9.59 Å². The second kappa shape index (κ2) is 7.45. The van der Waals surface area contributed by atoms with Gasteiger partial charge < -0.3 is 14.8 Å². The fraction of sp³-hybridized carbons (Fsp3) is 0.467. The Balaban J connectivity index is 2.39. The Bertz CT molecular complexity index is 493. The van der Waals surface area contributed by atoms with Crippen molar-refractivity contribution in [2.75, 3.05) is 6.61 Å². The first-order valence-corrected chi connectivity index (χ1v) is 7.37. The van der Waals surface area contributed by atoms with Crippen LogP contribution in [0.1, 0.15) is 27.7 Å². The van der Waals surface area contributed by atoms with Gasteiger partial charge in [-0.2, -0.15) is 0 Å². The van der Waals surface area contributed by atoms with Gasteiger partial charge in [0, 0.05) is 4.47 Å². The fourth-order valence-corrected chi connectivity index (χ4v) is 1.68. The SMILES string of the molecule is C[C@@H](NC(=O)COc1ccc(Br)cc1)C(=O)OC(C)(C)C. The first kappa shape index (κ1) is 17.5. The molecule has 1 amide bonds. The van der Waals surface area contributed by atoms with E-state index in [4.69, 9.17) is 9.47 Å². The number of hydrogen-bond donors (Lipinski definition) is 1. The molecule has 0 unspecified atom stereocenters. The lowest BCUT2D eigenvalue weighted by molar-refractivity contribution is -0.158. The van der Waals surface area contributed by atoms with Crippen molar-refractivity contribution in [2.45, 2.75) is 39.3 Å². The van der Waals surface area contributed by atoms with Crippen molar-refractivity contribution < 1.29 is 19.1 Å². The molecule has 0 aliphatic heterocycles. The van der Waals surface area contributed by atoms with Gasteiger partial charge in [0.25, 0.3) is 5.91 Å². The Morgan fingerprint density at radius 3 is 2.33 bits per heavy atom. The minimum Gasteiger partial charge on any atom is -0.484 e. The zero-order chi connectivity index (χ0) is 16.0. The largest absolute Gasteiger partial charge is 0.484 e. The molecule has 0 aliphatic carbocycles. The number of hydrogen-bond acceptors (Lipinski definition) is 4. The maximum atomic E-state index is 11.7. The van der Waals surface area contributed by atoms with E-state index in [0.29, 0.717) is 5.75 Å². The molecule has 5 nitrogen and oxygen atoms in total. The van der Waals surface area contributed by atoms with Crippen LogP contribution in [0.15, 0.2) is 28.7 Å². The molecule has 0 saturated heterocycles. The minimum atomic E-state index is -0.717. The number of halogens is 1. The molecule has 0 spiro atoms. The molecular formula is C15H20BrNO4. The van der Waals surface area contributed by atoms with Gasteiger partial charge in [-0.05, 0) is 52.0 Å². The Morgan fingerprint density at radius 1 is 1.24 bits per heavy atom. The van der Waals surface area contributed by atoms with Crippen molar-refractivity contribution in [1.82, 2.24) is 5.32 Å². The lowest BCUT2D eigenvalue weighted by Crippen LogP contribution is -2.43. The Kier molecular flexibility index (Phi) is 6.20. The average molecular weight is 358 g/mol. The second-order valence-corrected chi connectivity index (χ2v) is 6.48. The number of rotatable bonds is 5. The molecule has 6 heteroatoms. The van der Waals surface area contributed by atoms with Gasteiger partial charge in [0.2, 0.25) is 0 Å². The van der Waals surface area contributed by atoms with Gasteiger partial charge in [-0.1, -0.05) is 15.9 Å².